The molecular formula is C16H22N4O4. The minimum Gasteiger partial charge on any atom is -0.378 e. The van der Waals surface area contributed by atoms with E-state index in [1.807, 2.05) is 0 Å². The molecule has 8 nitrogen and oxygen atoms in total. The van der Waals surface area contributed by atoms with Crippen molar-refractivity contribution in [1.82, 2.24) is 10.2 Å². The van der Waals surface area contributed by atoms with Gasteiger partial charge in [0.2, 0.25) is 11.8 Å². The summed E-state index contributed by atoms with van der Waals surface area (Å²) in [6.45, 7) is 3.43. The number of nitro benzene ring substituents is 1. The van der Waals surface area contributed by atoms with E-state index in [9.17, 15) is 19.7 Å². The average Bonchev–Trinajstić information content (AvgIpc) is 2.58. The lowest BCUT2D eigenvalue weighted by atomic mass is 9.97. The maximum absolute atomic E-state index is 12.2. The Morgan fingerprint density at radius 2 is 2.08 bits per heavy atom. The molecule has 130 valence electrons. The van der Waals surface area contributed by atoms with Gasteiger partial charge in [-0.2, -0.15) is 0 Å². The lowest BCUT2D eigenvalue weighted by Gasteiger charge is -2.31. The molecular weight excluding hydrogens is 312 g/mol. The standard InChI is InChI=1S/C16H22N4O4/c1-12(21)19-10-4-5-13(11-19)16(22)18-9-8-17-14-6-2-3-7-15(14)20(23)24/h2-3,6-7,13,17H,4-5,8-11H2,1H3,(H,18,22)/t13-/m1/s1. The predicted molar refractivity (Wildman–Crippen MR) is 89.6 cm³/mol. The summed E-state index contributed by atoms with van der Waals surface area (Å²) in [6.07, 6.45) is 1.60. The first-order valence-electron chi connectivity index (χ1n) is 7.99. The van der Waals surface area contributed by atoms with E-state index in [1.54, 1.807) is 23.1 Å². The Bertz CT molecular complexity index is 620. The number of amides is 2. The summed E-state index contributed by atoms with van der Waals surface area (Å²) in [5.74, 6) is -0.274. The van der Waals surface area contributed by atoms with Gasteiger partial charge in [0.05, 0.1) is 10.8 Å². The molecule has 1 fully saturated rings. The Morgan fingerprint density at radius 3 is 2.79 bits per heavy atom. The van der Waals surface area contributed by atoms with Crippen LogP contribution in [0.25, 0.3) is 0 Å². The zero-order chi connectivity index (χ0) is 17.5. The number of nitro groups is 1. The van der Waals surface area contributed by atoms with Crippen LogP contribution in [0.2, 0.25) is 0 Å². The molecule has 1 atom stereocenters. The zero-order valence-electron chi connectivity index (χ0n) is 13.7. The van der Waals surface area contributed by atoms with Crippen LogP contribution in [0.3, 0.4) is 0 Å². The first-order valence-corrected chi connectivity index (χ1v) is 7.99. The highest BCUT2D eigenvalue weighted by Gasteiger charge is 2.26. The van der Waals surface area contributed by atoms with E-state index < -0.39 is 4.92 Å². The van der Waals surface area contributed by atoms with Gasteiger partial charge in [0, 0.05) is 39.2 Å². The molecule has 1 heterocycles. The fourth-order valence-corrected chi connectivity index (χ4v) is 2.79. The van der Waals surface area contributed by atoms with E-state index in [2.05, 4.69) is 10.6 Å². The van der Waals surface area contributed by atoms with Gasteiger partial charge in [-0.1, -0.05) is 12.1 Å². The predicted octanol–water partition coefficient (Wildman–Crippen LogP) is 1.38. The molecule has 1 saturated heterocycles. The summed E-state index contributed by atoms with van der Waals surface area (Å²) in [6, 6.07) is 6.38. The molecule has 0 aliphatic carbocycles. The maximum atomic E-state index is 12.2. The summed E-state index contributed by atoms with van der Waals surface area (Å²) in [7, 11) is 0. The Labute approximate surface area is 140 Å². The van der Waals surface area contributed by atoms with E-state index in [0.717, 1.165) is 12.8 Å². The van der Waals surface area contributed by atoms with Crippen LogP contribution in [0.1, 0.15) is 19.8 Å². The molecule has 0 spiro atoms. The third-order valence-corrected chi connectivity index (χ3v) is 4.08. The summed E-state index contributed by atoms with van der Waals surface area (Å²) in [4.78, 5) is 35.7. The zero-order valence-corrected chi connectivity index (χ0v) is 13.7. The van der Waals surface area contributed by atoms with Gasteiger partial charge >= 0.3 is 0 Å². The lowest BCUT2D eigenvalue weighted by molar-refractivity contribution is -0.384. The Morgan fingerprint density at radius 1 is 1.33 bits per heavy atom. The Balaban J connectivity index is 1.77. The smallest absolute Gasteiger partial charge is 0.292 e. The highest BCUT2D eigenvalue weighted by atomic mass is 16.6. The van der Waals surface area contributed by atoms with Gasteiger partial charge in [-0.3, -0.25) is 19.7 Å². The molecule has 8 heteroatoms. The third kappa shape index (κ3) is 4.68. The average molecular weight is 334 g/mol. The molecule has 0 unspecified atom stereocenters. The molecule has 2 amide bonds. The summed E-state index contributed by atoms with van der Waals surface area (Å²) < 4.78 is 0. The molecule has 24 heavy (non-hydrogen) atoms. The van der Waals surface area contributed by atoms with Gasteiger partial charge in [0.25, 0.3) is 5.69 Å². The van der Waals surface area contributed by atoms with Crippen molar-refractivity contribution < 1.29 is 14.5 Å². The number of hydrogen-bond acceptors (Lipinski definition) is 5. The minimum atomic E-state index is -0.445. The molecule has 0 bridgehead atoms. The number of hydrogen-bond donors (Lipinski definition) is 2. The van der Waals surface area contributed by atoms with Gasteiger partial charge in [-0.15, -0.1) is 0 Å². The number of piperidine rings is 1. The van der Waals surface area contributed by atoms with Crippen LogP contribution in [0.4, 0.5) is 11.4 Å². The van der Waals surface area contributed by atoms with Crippen LogP contribution < -0.4 is 10.6 Å². The number of rotatable bonds is 6. The molecule has 0 aromatic heterocycles. The molecule has 0 saturated carbocycles. The fourth-order valence-electron chi connectivity index (χ4n) is 2.79. The maximum Gasteiger partial charge on any atom is 0.292 e. The number of nitrogens with zero attached hydrogens (tertiary/aromatic N) is 2. The number of anilines is 1. The molecule has 1 aliphatic heterocycles. The van der Waals surface area contributed by atoms with E-state index in [-0.39, 0.29) is 23.4 Å². The summed E-state index contributed by atoms with van der Waals surface area (Å²) in [5.41, 5.74) is 0.436. The summed E-state index contributed by atoms with van der Waals surface area (Å²) >= 11 is 0. The number of carbonyl (C=O) groups is 2. The largest absolute Gasteiger partial charge is 0.378 e. The van der Waals surface area contributed by atoms with Crippen LogP contribution in [-0.4, -0.2) is 47.8 Å². The molecule has 2 rings (SSSR count). The fraction of sp³-hybridized carbons (Fsp3) is 0.500. The van der Waals surface area contributed by atoms with Gasteiger partial charge in [0.15, 0.2) is 0 Å². The molecule has 2 N–H and O–H groups in total. The van der Waals surface area contributed by atoms with Crippen LogP contribution in [0.5, 0.6) is 0 Å². The number of carbonyl (C=O) groups excluding carboxylic acids is 2. The van der Waals surface area contributed by atoms with Gasteiger partial charge in [0.1, 0.15) is 5.69 Å². The quantitative estimate of drug-likeness (QED) is 0.464. The van der Waals surface area contributed by atoms with Crippen molar-refractivity contribution in [2.45, 2.75) is 19.8 Å². The van der Waals surface area contributed by atoms with Gasteiger partial charge in [-0.25, -0.2) is 0 Å². The van der Waals surface area contributed by atoms with E-state index in [0.29, 0.717) is 31.9 Å². The van der Waals surface area contributed by atoms with Crippen molar-refractivity contribution in [3.05, 3.63) is 34.4 Å². The van der Waals surface area contributed by atoms with Crippen molar-refractivity contribution in [1.29, 1.82) is 0 Å². The first-order chi connectivity index (χ1) is 11.5. The van der Waals surface area contributed by atoms with Gasteiger partial charge in [-0.05, 0) is 18.9 Å². The van der Waals surface area contributed by atoms with Crippen molar-refractivity contribution in [3.63, 3.8) is 0 Å². The van der Waals surface area contributed by atoms with Crippen molar-refractivity contribution in [2.24, 2.45) is 5.92 Å². The second-order valence-electron chi connectivity index (χ2n) is 5.80. The van der Waals surface area contributed by atoms with Crippen LogP contribution >= 0.6 is 0 Å². The second kappa shape index (κ2) is 8.28. The van der Waals surface area contributed by atoms with E-state index in [4.69, 9.17) is 0 Å². The Kier molecular flexibility index (Phi) is 6.11. The third-order valence-electron chi connectivity index (χ3n) is 4.08. The van der Waals surface area contributed by atoms with Crippen LogP contribution in [-0.2, 0) is 9.59 Å². The molecule has 1 aromatic rings. The van der Waals surface area contributed by atoms with Crippen molar-refractivity contribution in [2.75, 3.05) is 31.5 Å². The van der Waals surface area contributed by atoms with Crippen molar-refractivity contribution in [3.8, 4) is 0 Å². The monoisotopic (exact) mass is 334 g/mol. The second-order valence-corrected chi connectivity index (χ2v) is 5.80. The lowest BCUT2D eigenvalue weighted by Crippen LogP contribution is -2.45. The number of para-hydroxylation sites is 2. The van der Waals surface area contributed by atoms with E-state index in [1.165, 1.54) is 13.0 Å². The summed E-state index contributed by atoms with van der Waals surface area (Å²) in [5, 5.41) is 16.7. The topological polar surface area (TPSA) is 105 Å². The number of nitrogens with one attached hydrogen (secondary N) is 2. The van der Waals surface area contributed by atoms with Crippen LogP contribution in [0.15, 0.2) is 24.3 Å². The molecule has 1 aromatic carbocycles. The number of likely N-dealkylation sites (tertiary alicyclic amines) is 1. The first kappa shape index (κ1) is 17.7. The SMILES string of the molecule is CC(=O)N1CCC[C@@H](C(=O)NCCNc2ccccc2[N+](=O)[O-])C1. The molecule has 1 aliphatic rings. The number of benzene rings is 1. The Hall–Kier alpha value is -2.64. The van der Waals surface area contributed by atoms with Gasteiger partial charge < -0.3 is 15.5 Å². The highest BCUT2D eigenvalue weighted by molar-refractivity contribution is 5.80. The molecule has 0 radical (unpaired) electrons. The minimum absolute atomic E-state index is 0.00760. The van der Waals surface area contributed by atoms with Crippen molar-refractivity contribution >= 4 is 23.2 Å². The van der Waals surface area contributed by atoms with Crippen LogP contribution in [0, 0.1) is 16.0 Å². The highest BCUT2D eigenvalue weighted by Crippen LogP contribution is 2.22. The van der Waals surface area contributed by atoms with E-state index >= 15 is 0 Å². The normalized spacial score (nSPS) is 17.2.